The molecule has 0 spiro atoms. The number of likely N-dealkylation sites (N-methyl/N-ethyl adjacent to an activating group) is 1. The van der Waals surface area contributed by atoms with E-state index in [4.69, 9.17) is 34.0 Å². The lowest BCUT2D eigenvalue weighted by Crippen LogP contribution is -2.41. The highest BCUT2D eigenvalue weighted by molar-refractivity contribution is 6.29. The molecule has 2 atom stereocenters. The Morgan fingerprint density at radius 1 is 0.587 bits per heavy atom. The molecule has 0 heterocycles. The topological polar surface area (TPSA) is 121 Å². The number of benzene rings is 4. The number of amides is 2. The van der Waals surface area contributed by atoms with Crippen molar-refractivity contribution in [2.45, 2.75) is 89.5 Å². The monoisotopic (exact) mass is 893 g/mol. The van der Waals surface area contributed by atoms with Crippen molar-refractivity contribution in [1.82, 2.24) is 9.80 Å². The van der Waals surface area contributed by atoms with Crippen molar-refractivity contribution in [1.29, 1.82) is 0 Å². The normalized spacial score (nSPS) is 15.6. The third-order valence-corrected chi connectivity index (χ3v) is 12.5. The van der Waals surface area contributed by atoms with Crippen molar-refractivity contribution in [3.63, 3.8) is 0 Å². The summed E-state index contributed by atoms with van der Waals surface area (Å²) in [6, 6.07) is 36.4. The molecule has 2 saturated carbocycles. The van der Waals surface area contributed by atoms with Crippen molar-refractivity contribution < 1.29 is 24.3 Å². The lowest BCUT2D eigenvalue weighted by molar-refractivity contribution is -0.148. The maximum absolute atomic E-state index is 13.4. The maximum Gasteiger partial charge on any atom is 0.309 e. The zero-order valence-corrected chi connectivity index (χ0v) is 39.0. The molecular formula is C53H65Cl2N3O5. The largest absolute Gasteiger partial charge is 0.481 e. The summed E-state index contributed by atoms with van der Waals surface area (Å²) >= 11 is 11.7. The molecule has 8 nitrogen and oxygen atoms in total. The van der Waals surface area contributed by atoms with Gasteiger partial charge in [-0.05, 0) is 84.7 Å². The van der Waals surface area contributed by atoms with Gasteiger partial charge in [0.15, 0.2) is 0 Å². The molecule has 0 aliphatic heterocycles. The van der Waals surface area contributed by atoms with E-state index in [-0.39, 0.29) is 29.9 Å². The summed E-state index contributed by atoms with van der Waals surface area (Å²) < 4.78 is 0. The molecular weight excluding hydrogens is 830 g/mol. The number of halogens is 2. The minimum atomic E-state index is -0.721. The molecule has 336 valence electrons. The fourth-order valence-corrected chi connectivity index (χ4v) is 9.31. The third kappa shape index (κ3) is 15.0. The van der Waals surface area contributed by atoms with Crippen LogP contribution in [0.4, 0.5) is 0 Å². The molecule has 0 radical (unpaired) electrons. The first-order chi connectivity index (χ1) is 29.9. The van der Waals surface area contributed by atoms with Crippen LogP contribution < -0.4 is 5.73 Å². The number of nitrogens with zero attached hydrogens (tertiary/aromatic N) is 2. The number of hydrogen-bond donors (Lipinski definition) is 2. The first kappa shape index (κ1) is 50.6. The molecule has 4 aromatic rings. The van der Waals surface area contributed by atoms with Crippen LogP contribution in [0.15, 0.2) is 132 Å². The lowest BCUT2D eigenvalue weighted by Gasteiger charge is -2.29. The lowest BCUT2D eigenvalue weighted by atomic mass is 9.74. The summed E-state index contributed by atoms with van der Waals surface area (Å²) in [5.74, 6) is -0.976. The molecule has 0 saturated heterocycles. The Balaban J connectivity index is 0.000000232. The molecule has 3 N–H and O–H groups in total. The molecule has 6 rings (SSSR count). The van der Waals surface area contributed by atoms with Crippen molar-refractivity contribution in [2.24, 2.45) is 22.5 Å². The summed E-state index contributed by atoms with van der Waals surface area (Å²) in [6.07, 6.45) is 9.52. The second-order valence-corrected chi connectivity index (χ2v) is 18.7. The highest BCUT2D eigenvalue weighted by atomic mass is 35.5. The molecule has 0 aromatic heterocycles. The van der Waals surface area contributed by atoms with E-state index in [0.29, 0.717) is 35.7 Å². The van der Waals surface area contributed by atoms with Gasteiger partial charge in [0.2, 0.25) is 11.8 Å². The Labute approximate surface area is 385 Å². The van der Waals surface area contributed by atoms with Crippen molar-refractivity contribution in [3.05, 3.63) is 144 Å². The van der Waals surface area contributed by atoms with Crippen LogP contribution in [0.3, 0.4) is 0 Å². The predicted molar refractivity (Wildman–Crippen MR) is 258 cm³/mol. The minimum Gasteiger partial charge on any atom is -0.481 e. The van der Waals surface area contributed by atoms with Gasteiger partial charge in [-0.15, -0.1) is 0 Å². The first-order valence-corrected chi connectivity index (χ1v) is 22.6. The number of carboxylic acid groups (broad SMARTS) is 1. The van der Waals surface area contributed by atoms with E-state index in [2.05, 4.69) is 73.8 Å². The van der Waals surface area contributed by atoms with E-state index < -0.39 is 22.8 Å². The van der Waals surface area contributed by atoms with E-state index >= 15 is 0 Å². The number of hydrogen-bond acceptors (Lipinski definition) is 5. The van der Waals surface area contributed by atoms with Crippen LogP contribution in [-0.2, 0) is 32.0 Å². The van der Waals surface area contributed by atoms with E-state index in [1.807, 2.05) is 48.5 Å². The molecule has 4 aromatic carbocycles. The fourth-order valence-electron chi connectivity index (χ4n) is 8.80. The molecule has 0 bridgehead atoms. The van der Waals surface area contributed by atoms with Gasteiger partial charge in [-0.1, -0.05) is 171 Å². The van der Waals surface area contributed by atoms with Gasteiger partial charge in [-0.3, -0.25) is 19.2 Å². The van der Waals surface area contributed by atoms with E-state index in [9.17, 15) is 19.2 Å². The molecule has 2 aliphatic rings. The molecule has 63 heavy (non-hydrogen) atoms. The van der Waals surface area contributed by atoms with Crippen LogP contribution >= 0.6 is 23.2 Å². The van der Waals surface area contributed by atoms with Gasteiger partial charge in [0.1, 0.15) is 5.78 Å². The predicted octanol–water partition coefficient (Wildman–Crippen LogP) is 11.3. The van der Waals surface area contributed by atoms with Gasteiger partial charge in [0, 0.05) is 56.0 Å². The Kier molecular flexibility index (Phi) is 19.4. The molecule has 2 aliphatic carbocycles. The number of aliphatic carboxylic acids is 1. The Morgan fingerprint density at radius 3 is 1.33 bits per heavy atom. The molecule has 2 fully saturated rings. The Morgan fingerprint density at radius 2 is 0.952 bits per heavy atom. The van der Waals surface area contributed by atoms with Gasteiger partial charge >= 0.3 is 5.97 Å². The maximum atomic E-state index is 13.4. The summed E-state index contributed by atoms with van der Waals surface area (Å²) in [5.41, 5.74) is 11.7. The molecule has 10 heteroatoms. The van der Waals surface area contributed by atoms with Gasteiger partial charge in [-0.25, -0.2) is 0 Å². The van der Waals surface area contributed by atoms with Crippen LogP contribution in [0.5, 0.6) is 0 Å². The van der Waals surface area contributed by atoms with Crippen LogP contribution in [0.2, 0.25) is 0 Å². The second-order valence-electron chi connectivity index (χ2n) is 17.6. The minimum absolute atomic E-state index is 0.00154. The summed E-state index contributed by atoms with van der Waals surface area (Å²) in [6.45, 7) is 7.38. The van der Waals surface area contributed by atoms with Gasteiger partial charge in [0.05, 0.1) is 11.5 Å². The van der Waals surface area contributed by atoms with Crippen molar-refractivity contribution in [3.8, 4) is 22.3 Å². The standard InChI is InChI=1S/C27H32ClNO2.C17H20N2O.C9H13ClO2/c1-20(28)19-27(15-7-8-16-27)25(30)18-24(26(31)29(2)3)17-21-11-13-23(14-12-21)22-9-5-4-6-10-22;1-19(2)17(20)16(18)12-13-8-10-15(11-9-13)14-6-4-3-5-7-14;1-7(10)6-9(8(11)12)4-2-3-5-9/h4-6,9-14,24H,1,7-8,15-19H2,2-3H3;3-11,16H,12,18H2,1-2H3;1-6H2,(H,11,12)/t24-;16-;/m10./s1. The average Bonchev–Trinajstić information content (AvgIpc) is 3.95. The van der Waals surface area contributed by atoms with E-state index in [1.165, 1.54) is 16.0 Å². The van der Waals surface area contributed by atoms with E-state index in [1.54, 1.807) is 33.1 Å². The number of rotatable bonds is 16. The summed E-state index contributed by atoms with van der Waals surface area (Å²) in [4.78, 5) is 52.2. The van der Waals surface area contributed by atoms with Crippen LogP contribution in [0.1, 0.15) is 81.8 Å². The van der Waals surface area contributed by atoms with Crippen LogP contribution in [0, 0.1) is 16.7 Å². The van der Waals surface area contributed by atoms with Crippen LogP contribution in [0.25, 0.3) is 22.3 Å². The van der Waals surface area contributed by atoms with Crippen LogP contribution in [-0.4, -0.2) is 72.7 Å². The van der Waals surface area contributed by atoms with Crippen molar-refractivity contribution in [2.75, 3.05) is 28.2 Å². The molecule has 2 amide bonds. The van der Waals surface area contributed by atoms with Gasteiger partial charge < -0.3 is 20.6 Å². The number of carbonyl (C=O) groups excluding carboxylic acids is 3. The van der Waals surface area contributed by atoms with Gasteiger partial charge in [0.25, 0.3) is 0 Å². The SMILES string of the molecule is C=C(Cl)CC1(C(=O)C[C@@H](Cc2ccc(-c3ccccc3)cc2)C(=O)N(C)C)CCCC1.C=C(Cl)CC1(C(=O)O)CCCC1.CN(C)C(=O)[C@@H](N)Cc1ccc(-c2ccccc2)cc1. The first-order valence-electron chi connectivity index (χ1n) is 21.8. The number of carbonyl (C=O) groups is 4. The third-order valence-electron chi connectivity index (χ3n) is 12.3. The smallest absolute Gasteiger partial charge is 0.309 e. The Bertz CT molecular complexity index is 2120. The average molecular weight is 895 g/mol. The highest BCUT2D eigenvalue weighted by Crippen LogP contribution is 2.46. The molecule has 0 unspecified atom stereocenters. The number of carboxylic acids is 1. The highest BCUT2D eigenvalue weighted by Gasteiger charge is 2.43. The quantitative estimate of drug-likeness (QED) is 0.116. The Hall–Kier alpha value is -5.02. The number of Topliss-reactive ketones (excluding diaryl/α,β-unsaturated/α-hetero) is 1. The number of ketones is 1. The van der Waals surface area contributed by atoms with E-state index in [0.717, 1.165) is 73.6 Å². The summed E-state index contributed by atoms with van der Waals surface area (Å²) in [5, 5.41) is 10.0. The fraction of sp³-hybridized carbons (Fsp3) is 0.396. The number of nitrogens with two attached hydrogens (primary N) is 1. The summed E-state index contributed by atoms with van der Waals surface area (Å²) in [7, 11) is 6.95. The zero-order chi connectivity index (χ0) is 46.2. The second kappa shape index (κ2) is 24.2. The van der Waals surface area contributed by atoms with Crippen molar-refractivity contribution >= 4 is 46.8 Å². The number of allylic oxidation sites excluding steroid dienone is 2. The zero-order valence-electron chi connectivity index (χ0n) is 37.5. The van der Waals surface area contributed by atoms with Gasteiger partial charge in [-0.2, -0.15) is 0 Å².